The number of halogens is 5. The Bertz CT molecular complexity index is 1480. The quantitative estimate of drug-likeness (QED) is 0.188. The molecule has 6 rings (SSSR count). The summed E-state index contributed by atoms with van der Waals surface area (Å²) in [5.41, 5.74) is 9.60. The molecule has 2 amide bonds. The highest BCUT2D eigenvalue weighted by Gasteiger charge is 2.82. The van der Waals surface area contributed by atoms with Crippen LogP contribution in [0.25, 0.3) is 0 Å². The van der Waals surface area contributed by atoms with E-state index < -0.39 is 58.6 Å². The number of aromatic amines is 2. The van der Waals surface area contributed by atoms with Gasteiger partial charge in [0.15, 0.2) is 30.0 Å². The highest BCUT2D eigenvalue weighted by molar-refractivity contribution is 9.13. The number of hydrogen-bond donors (Lipinski definition) is 9. The molecule has 1 saturated heterocycles. The van der Waals surface area contributed by atoms with Gasteiger partial charge in [-0.2, -0.15) is 0 Å². The van der Waals surface area contributed by atoms with E-state index in [-0.39, 0.29) is 30.7 Å². The van der Waals surface area contributed by atoms with Gasteiger partial charge in [0.2, 0.25) is 0 Å². The topological polar surface area (TPSA) is 222 Å². The Morgan fingerprint density at radius 1 is 1.00 bits per heavy atom. The predicted molar refractivity (Wildman–Crippen MR) is 163 cm³/mol. The first kappa shape index (κ1) is 29.3. The Kier molecular flexibility index (Phi) is 7.22. The average Bonchev–Trinajstić information content (AvgIpc) is 3.67. The van der Waals surface area contributed by atoms with E-state index in [1.807, 2.05) is 0 Å². The van der Waals surface area contributed by atoms with Crippen molar-refractivity contribution in [1.82, 2.24) is 30.8 Å². The number of rotatable bonds is 6. The van der Waals surface area contributed by atoms with Crippen LogP contribution in [0.4, 0.5) is 0 Å². The molecule has 2 aromatic heterocycles. The molecule has 11 N–H and O–H groups in total. The molecule has 19 heteroatoms. The third-order valence-electron chi connectivity index (χ3n) is 8.26. The number of amides is 2. The van der Waals surface area contributed by atoms with E-state index >= 15 is 0 Å². The summed E-state index contributed by atoms with van der Waals surface area (Å²) in [4.78, 5) is 42.1. The van der Waals surface area contributed by atoms with Crippen LogP contribution < -0.4 is 27.4 Å². The number of fused-ring (bicyclic) bond motifs is 3. The van der Waals surface area contributed by atoms with Crippen molar-refractivity contribution in [3.8, 4) is 0 Å². The van der Waals surface area contributed by atoms with Crippen LogP contribution in [0.3, 0.4) is 0 Å². The lowest BCUT2D eigenvalue weighted by Gasteiger charge is -2.39. The zero-order valence-electron chi connectivity index (χ0n) is 20.6. The lowest BCUT2D eigenvalue weighted by atomic mass is 9.77. The highest BCUT2D eigenvalue weighted by atomic mass is 79.9. The number of nitrogens with two attached hydrogens (primary N) is 2. The second-order valence-corrected chi connectivity index (χ2v) is 14.0. The Hall–Kier alpha value is -1.83. The van der Waals surface area contributed by atoms with Gasteiger partial charge in [0.05, 0.1) is 23.5 Å². The minimum absolute atomic E-state index is 0.0138. The Morgan fingerprint density at radius 3 is 2.05 bits per heavy atom. The molecule has 220 valence electrons. The second kappa shape index (κ2) is 10.1. The monoisotopic (exact) mass is 842 g/mol. The standard InChI is InChI=1S/C22H23Br4ClN10O4/c23-7-1-9(32-13(7)25)15(38)30-3-5-6(4-31-16(39)10-2-8(24)14(26)33-10)12(27)21-11(5)22(41)17(34-19(28)36-22)37(21)20(29)35-18(21)40/h1-2,5-6,11-12,17-18,32-33,40-41H,3-4H2,(H2,29,35)(H,30,38)(H,31,39)(H3,28,34,36)/t5-,6-,11+,12+,17-,18+,21?,22-/m0/s1. The number of carbonyl (C=O) groups is 2. The summed E-state index contributed by atoms with van der Waals surface area (Å²) in [7, 11) is 0. The van der Waals surface area contributed by atoms with Crippen LogP contribution in [0.5, 0.6) is 0 Å². The van der Waals surface area contributed by atoms with Crippen molar-refractivity contribution < 1.29 is 19.8 Å². The summed E-state index contributed by atoms with van der Waals surface area (Å²) >= 11 is 20.6. The van der Waals surface area contributed by atoms with E-state index in [2.05, 4.69) is 99.6 Å². The van der Waals surface area contributed by atoms with Crippen molar-refractivity contribution in [2.75, 3.05) is 13.1 Å². The number of aromatic nitrogens is 2. The van der Waals surface area contributed by atoms with Crippen LogP contribution in [0.2, 0.25) is 0 Å². The fourth-order valence-electron chi connectivity index (χ4n) is 6.75. The molecule has 8 atom stereocenters. The first-order chi connectivity index (χ1) is 19.3. The van der Waals surface area contributed by atoms with Crippen LogP contribution in [-0.4, -0.2) is 90.9 Å². The number of nitrogens with zero attached hydrogens (tertiary/aromatic N) is 3. The first-order valence-corrected chi connectivity index (χ1v) is 15.8. The van der Waals surface area contributed by atoms with Crippen LogP contribution in [0, 0.1) is 17.8 Å². The summed E-state index contributed by atoms with van der Waals surface area (Å²) in [5, 5.41) is 31.1. The molecule has 2 aromatic rings. The van der Waals surface area contributed by atoms with Gasteiger partial charge < -0.3 is 52.5 Å². The smallest absolute Gasteiger partial charge is 0.267 e. The number of hydrogen-bond acceptors (Lipinski definition) is 10. The number of H-pyrrole nitrogens is 2. The van der Waals surface area contributed by atoms with Gasteiger partial charge in [-0.3, -0.25) is 9.59 Å². The minimum atomic E-state index is -1.80. The van der Waals surface area contributed by atoms with E-state index in [1.165, 1.54) is 4.90 Å². The fraction of sp³-hybridized carbons (Fsp3) is 0.455. The SMILES string of the molecule is NC1=N[C@H]2N3C(N)=N[C@H](O)C34[C@H](Cl)[C@@H](CNC(=O)c3cc(Br)c(Br)[nH]3)[C@H](CNC(=O)c3cc(Br)c(Br)[nH]3)[C@H]4[C@@]2(O)N1. The summed E-state index contributed by atoms with van der Waals surface area (Å²) < 4.78 is 2.54. The van der Waals surface area contributed by atoms with Gasteiger partial charge in [-0.25, -0.2) is 9.98 Å². The Morgan fingerprint density at radius 2 is 1.54 bits per heavy atom. The second-order valence-electron chi connectivity index (χ2n) is 10.3. The zero-order valence-corrected chi connectivity index (χ0v) is 27.7. The van der Waals surface area contributed by atoms with Crippen molar-refractivity contribution in [3.63, 3.8) is 0 Å². The van der Waals surface area contributed by atoms with E-state index in [9.17, 15) is 19.8 Å². The molecule has 0 aromatic carbocycles. The number of carbonyl (C=O) groups excluding carboxylic acids is 2. The van der Waals surface area contributed by atoms with Gasteiger partial charge in [0, 0.05) is 24.9 Å². The van der Waals surface area contributed by atoms with Crippen LogP contribution in [-0.2, 0) is 0 Å². The molecule has 4 aliphatic rings. The minimum Gasteiger partial charge on any atom is -0.370 e. The molecule has 1 saturated carbocycles. The maximum absolute atomic E-state index is 13.1. The Labute approximate surface area is 271 Å². The van der Waals surface area contributed by atoms with Crippen molar-refractivity contribution in [2.24, 2.45) is 39.2 Å². The van der Waals surface area contributed by atoms with Crippen LogP contribution in [0.1, 0.15) is 21.0 Å². The molecule has 2 fully saturated rings. The molecule has 41 heavy (non-hydrogen) atoms. The third kappa shape index (κ3) is 4.19. The van der Waals surface area contributed by atoms with Gasteiger partial charge in [0.1, 0.15) is 16.9 Å². The number of alkyl halides is 1. The molecule has 0 bridgehead atoms. The fourth-order valence-corrected chi connectivity index (χ4v) is 8.69. The number of aliphatic imine (C=N–C) groups is 2. The van der Waals surface area contributed by atoms with Crippen molar-refractivity contribution in [3.05, 3.63) is 41.7 Å². The summed E-state index contributed by atoms with van der Waals surface area (Å²) in [6.45, 7) is 0.0527. The van der Waals surface area contributed by atoms with Gasteiger partial charge in [0.25, 0.3) is 11.8 Å². The summed E-state index contributed by atoms with van der Waals surface area (Å²) in [6, 6.07) is 3.24. The van der Waals surface area contributed by atoms with E-state index in [4.69, 9.17) is 23.1 Å². The van der Waals surface area contributed by atoms with Crippen molar-refractivity contribution >= 4 is 99.1 Å². The molecule has 0 radical (unpaired) electrons. The summed E-state index contributed by atoms with van der Waals surface area (Å²) in [6.07, 6.45) is -2.44. The molecule has 14 nitrogen and oxygen atoms in total. The highest BCUT2D eigenvalue weighted by Crippen LogP contribution is 2.63. The Balaban J connectivity index is 1.35. The van der Waals surface area contributed by atoms with Crippen LogP contribution in [0.15, 0.2) is 40.3 Å². The molecule has 1 spiro atoms. The average molecular weight is 847 g/mol. The molecule has 1 unspecified atom stereocenters. The van der Waals surface area contributed by atoms with E-state index in [0.717, 1.165) is 0 Å². The third-order valence-corrected chi connectivity index (χ3v) is 12.5. The van der Waals surface area contributed by atoms with E-state index in [0.29, 0.717) is 23.8 Å². The normalized spacial score (nSPS) is 35.0. The lowest BCUT2D eigenvalue weighted by Crippen LogP contribution is -2.61. The van der Waals surface area contributed by atoms with Crippen LogP contribution >= 0.6 is 75.3 Å². The zero-order chi connectivity index (χ0) is 29.6. The van der Waals surface area contributed by atoms with Gasteiger partial charge in [-0.1, -0.05) is 0 Å². The van der Waals surface area contributed by atoms with Gasteiger partial charge in [-0.15, -0.1) is 11.6 Å². The molecule has 5 heterocycles. The number of aliphatic hydroxyl groups excluding tert-OH is 1. The molecular weight excluding hydrogens is 823 g/mol. The van der Waals surface area contributed by atoms with Gasteiger partial charge >= 0.3 is 0 Å². The molecular formula is C22H23Br4ClN10O4. The van der Waals surface area contributed by atoms with Crippen molar-refractivity contribution in [2.45, 2.75) is 29.0 Å². The largest absolute Gasteiger partial charge is 0.370 e. The maximum Gasteiger partial charge on any atom is 0.267 e. The number of nitrogens with one attached hydrogen (secondary N) is 5. The molecule has 3 aliphatic heterocycles. The van der Waals surface area contributed by atoms with Crippen molar-refractivity contribution in [1.29, 1.82) is 0 Å². The van der Waals surface area contributed by atoms with Gasteiger partial charge in [-0.05, 0) is 81.8 Å². The lowest BCUT2D eigenvalue weighted by molar-refractivity contribution is -0.0560. The molecule has 1 aliphatic carbocycles. The number of guanidine groups is 2. The first-order valence-electron chi connectivity index (χ1n) is 12.2. The predicted octanol–water partition coefficient (Wildman–Crippen LogP) is 0.656. The summed E-state index contributed by atoms with van der Waals surface area (Å²) in [5.74, 6) is -2.97. The van der Waals surface area contributed by atoms with E-state index in [1.54, 1.807) is 12.1 Å². The maximum atomic E-state index is 13.1. The number of aliphatic hydroxyl groups is 2.